The predicted molar refractivity (Wildman–Crippen MR) is 103 cm³/mol. The van der Waals surface area contributed by atoms with Crippen LogP contribution >= 0.6 is 0 Å². The van der Waals surface area contributed by atoms with Crippen molar-refractivity contribution in [3.63, 3.8) is 0 Å². The van der Waals surface area contributed by atoms with Crippen molar-refractivity contribution in [2.24, 2.45) is 5.92 Å². The van der Waals surface area contributed by atoms with Gasteiger partial charge in [0.25, 0.3) is 5.56 Å². The average molecular weight is 358 g/mol. The van der Waals surface area contributed by atoms with Crippen LogP contribution < -0.4 is 5.56 Å². The molecule has 0 aliphatic carbocycles. The van der Waals surface area contributed by atoms with E-state index in [1.165, 1.54) is 0 Å². The van der Waals surface area contributed by atoms with Crippen LogP contribution in [-0.4, -0.2) is 39.4 Å². The Bertz CT molecular complexity index is 1140. The highest BCUT2D eigenvalue weighted by Crippen LogP contribution is 2.19. The van der Waals surface area contributed by atoms with E-state index in [9.17, 15) is 9.59 Å². The van der Waals surface area contributed by atoms with E-state index in [4.69, 9.17) is 0 Å². The van der Waals surface area contributed by atoms with Crippen LogP contribution in [-0.2, 0) is 11.2 Å². The molecule has 3 heterocycles. The van der Waals surface area contributed by atoms with E-state index in [0.717, 1.165) is 24.1 Å². The number of H-pyrrole nitrogens is 1. The Morgan fingerprint density at radius 2 is 2.19 bits per heavy atom. The third kappa shape index (κ3) is 3.44. The van der Waals surface area contributed by atoms with E-state index in [1.807, 2.05) is 31.3 Å². The summed E-state index contributed by atoms with van der Waals surface area (Å²) in [6.07, 6.45) is 4.58. The molecule has 1 aromatic carbocycles. The fraction of sp³-hybridized carbons (Fsp3) is 0.238. The maximum Gasteiger partial charge on any atom is 0.274 e. The number of likely N-dealkylation sites (tertiary alicyclic amines) is 1. The highest BCUT2D eigenvalue weighted by molar-refractivity contribution is 5.83. The Labute approximate surface area is 156 Å². The van der Waals surface area contributed by atoms with Gasteiger partial charge in [0, 0.05) is 43.4 Å². The second-order valence-electron chi connectivity index (χ2n) is 6.60. The molecular weight excluding hydrogens is 340 g/mol. The SMILES string of the molecule is CN1CC[C@H](C#CCc2cccc(-c3ncc4cc[nH]c(=O)c4n3)c2)C1=O. The molecule has 1 amide bonds. The van der Waals surface area contributed by atoms with Gasteiger partial charge >= 0.3 is 0 Å². The summed E-state index contributed by atoms with van der Waals surface area (Å²) in [4.78, 5) is 37.0. The molecule has 1 fully saturated rings. The standard InChI is InChI=1S/C21H18N4O2/c1-25-11-9-15(21(25)27)6-2-4-14-5-3-7-16(12-14)19-23-13-17-8-10-22-20(26)18(17)24-19/h3,5,7-8,10,12-13,15H,4,9,11H2,1H3,(H,22,26)/t15-/m0/s1. The summed E-state index contributed by atoms with van der Waals surface area (Å²) < 4.78 is 0. The Kier molecular flexibility index (Phi) is 4.43. The lowest BCUT2D eigenvalue weighted by molar-refractivity contribution is -0.128. The highest BCUT2D eigenvalue weighted by Gasteiger charge is 2.26. The maximum absolute atomic E-state index is 12.0. The number of carbonyl (C=O) groups excluding carboxylic acids is 1. The van der Waals surface area contributed by atoms with Crippen LogP contribution in [0, 0.1) is 17.8 Å². The molecule has 4 rings (SSSR count). The average Bonchev–Trinajstić information content (AvgIpc) is 3.01. The van der Waals surface area contributed by atoms with Crippen molar-refractivity contribution < 1.29 is 4.79 Å². The van der Waals surface area contributed by atoms with E-state index >= 15 is 0 Å². The van der Waals surface area contributed by atoms with Crippen LogP contribution in [0.4, 0.5) is 0 Å². The van der Waals surface area contributed by atoms with Crippen molar-refractivity contribution in [3.05, 3.63) is 58.6 Å². The van der Waals surface area contributed by atoms with Gasteiger partial charge in [0.05, 0.1) is 0 Å². The molecule has 6 nitrogen and oxygen atoms in total. The maximum atomic E-state index is 12.0. The van der Waals surface area contributed by atoms with Gasteiger partial charge in [-0.15, -0.1) is 0 Å². The summed E-state index contributed by atoms with van der Waals surface area (Å²) in [5.41, 5.74) is 1.99. The molecule has 0 saturated carbocycles. The minimum Gasteiger partial charge on any atom is -0.345 e. The Morgan fingerprint density at radius 1 is 1.30 bits per heavy atom. The molecule has 0 spiro atoms. The number of rotatable bonds is 2. The highest BCUT2D eigenvalue weighted by atomic mass is 16.2. The minimum absolute atomic E-state index is 0.103. The van der Waals surface area contributed by atoms with Gasteiger partial charge in [0.1, 0.15) is 11.4 Å². The molecule has 3 aromatic rings. The molecule has 0 unspecified atom stereocenters. The van der Waals surface area contributed by atoms with Crippen LogP contribution in [0.5, 0.6) is 0 Å². The first-order chi connectivity index (χ1) is 13.1. The monoisotopic (exact) mass is 358 g/mol. The quantitative estimate of drug-likeness (QED) is 0.711. The third-order valence-electron chi connectivity index (χ3n) is 4.69. The second-order valence-corrected chi connectivity index (χ2v) is 6.60. The van der Waals surface area contributed by atoms with Gasteiger partial charge in [0.2, 0.25) is 5.91 Å². The second kappa shape index (κ2) is 7.04. The molecule has 134 valence electrons. The van der Waals surface area contributed by atoms with Crippen molar-refractivity contribution in [2.45, 2.75) is 12.8 Å². The van der Waals surface area contributed by atoms with Gasteiger partial charge < -0.3 is 9.88 Å². The lowest BCUT2D eigenvalue weighted by atomic mass is 10.1. The van der Waals surface area contributed by atoms with Gasteiger partial charge in [-0.2, -0.15) is 0 Å². The predicted octanol–water partition coefficient (Wildman–Crippen LogP) is 2.01. The topological polar surface area (TPSA) is 79.0 Å². The molecule has 1 atom stereocenters. The zero-order valence-corrected chi connectivity index (χ0v) is 14.9. The van der Waals surface area contributed by atoms with Crippen molar-refractivity contribution in [3.8, 4) is 23.2 Å². The fourth-order valence-electron chi connectivity index (χ4n) is 3.16. The number of fused-ring (bicyclic) bond motifs is 1. The first-order valence-electron chi connectivity index (χ1n) is 8.79. The van der Waals surface area contributed by atoms with E-state index < -0.39 is 0 Å². The van der Waals surface area contributed by atoms with Crippen molar-refractivity contribution >= 4 is 16.8 Å². The number of nitrogens with one attached hydrogen (secondary N) is 1. The van der Waals surface area contributed by atoms with E-state index in [2.05, 4.69) is 26.8 Å². The number of pyridine rings is 1. The van der Waals surface area contributed by atoms with Gasteiger partial charge in [-0.25, -0.2) is 9.97 Å². The van der Waals surface area contributed by atoms with E-state index in [-0.39, 0.29) is 17.4 Å². The first kappa shape index (κ1) is 17.0. The molecule has 1 aliphatic rings. The number of nitrogens with zero attached hydrogens (tertiary/aromatic N) is 3. The normalized spacial score (nSPS) is 16.4. The number of hydrogen-bond donors (Lipinski definition) is 1. The smallest absolute Gasteiger partial charge is 0.274 e. The molecule has 0 bridgehead atoms. The minimum atomic E-state index is -0.232. The van der Waals surface area contributed by atoms with Crippen LogP contribution in [0.2, 0.25) is 0 Å². The number of amides is 1. The fourth-order valence-corrected chi connectivity index (χ4v) is 3.16. The summed E-state index contributed by atoms with van der Waals surface area (Å²) in [5, 5.41) is 0.704. The van der Waals surface area contributed by atoms with Gasteiger partial charge in [-0.1, -0.05) is 30.0 Å². The summed E-state index contributed by atoms with van der Waals surface area (Å²) in [5.74, 6) is 6.62. The van der Waals surface area contributed by atoms with Crippen molar-refractivity contribution in [1.82, 2.24) is 19.9 Å². The van der Waals surface area contributed by atoms with Gasteiger partial charge in [-0.05, 0) is 24.1 Å². The Hall–Kier alpha value is -3.46. The van der Waals surface area contributed by atoms with Crippen LogP contribution in [0.15, 0.2) is 47.5 Å². The first-order valence-corrected chi connectivity index (χ1v) is 8.79. The molecule has 0 radical (unpaired) electrons. The third-order valence-corrected chi connectivity index (χ3v) is 4.69. The molecule has 27 heavy (non-hydrogen) atoms. The van der Waals surface area contributed by atoms with Gasteiger partial charge in [0.15, 0.2) is 5.82 Å². The van der Waals surface area contributed by atoms with Crippen molar-refractivity contribution in [2.75, 3.05) is 13.6 Å². The summed E-state index contributed by atoms with van der Waals surface area (Å²) in [7, 11) is 1.81. The number of benzene rings is 1. The Morgan fingerprint density at radius 3 is 3.00 bits per heavy atom. The van der Waals surface area contributed by atoms with Crippen LogP contribution in [0.1, 0.15) is 12.0 Å². The zero-order chi connectivity index (χ0) is 18.8. The Balaban J connectivity index is 1.57. The lowest BCUT2D eigenvalue weighted by Gasteiger charge is -2.05. The van der Waals surface area contributed by atoms with Gasteiger partial charge in [-0.3, -0.25) is 9.59 Å². The largest absolute Gasteiger partial charge is 0.345 e. The molecular formula is C21H18N4O2. The summed E-state index contributed by atoms with van der Waals surface area (Å²) in [6.45, 7) is 0.770. The molecule has 1 N–H and O–H groups in total. The summed E-state index contributed by atoms with van der Waals surface area (Å²) in [6, 6.07) is 9.55. The molecule has 2 aromatic heterocycles. The molecule has 1 aliphatic heterocycles. The summed E-state index contributed by atoms with van der Waals surface area (Å²) >= 11 is 0. The number of aromatic amines is 1. The van der Waals surface area contributed by atoms with E-state index in [1.54, 1.807) is 23.4 Å². The number of aromatic nitrogens is 3. The lowest BCUT2D eigenvalue weighted by Crippen LogP contribution is -2.21. The van der Waals surface area contributed by atoms with Crippen LogP contribution in [0.3, 0.4) is 0 Å². The zero-order valence-electron chi connectivity index (χ0n) is 14.9. The molecule has 6 heteroatoms. The van der Waals surface area contributed by atoms with Crippen LogP contribution in [0.25, 0.3) is 22.3 Å². The van der Waals surface area contributed by atoms with Crippen molar-refractivity contribution in [1.29, 1.82) is 0 Å². The molecule has 1 saturated heterocycles. The number of hydrogen-bond acceptors (Lipinski definition) is 4. The van der Waals surface area contributed by atoms with E-state index in [0.29, 0.717) is 23.1 Å². The number of carbonyl (C=O) groups is 1.